The molecule has 1 aromatic heterocycles. The van der Waals surface area contributed by atoms with Crippen molar-refractivity contribution in [1.82, 2.24) is 9.88 Å². The minimum atomic E-state index is -0.277. The molecule has 0 saturated carbocycles. The Bertz CT molecular complexity index is 350. The highest BCUT2D eigenvalue weighted by molar-refractivity contribution is 7.11. The second-order valence-corrected chi connectivity index (χ2v) is 4.60. The lowest BCUT2D eigenvalue weighted by molar-refractivity contribution is -0.143. The second kappa shape index (κ2) is 3.67. The summed E-state index contributed by atoms with van der Waals surface area (Å²) in [6.07, 6.45) is 2.88. The van der Waals surface area contributed by atoms with Gasteiger partial charge in [-0.05, 0) is 6.42 Å². The molecule has 1 aromatic rings. The molecule has 1 amide bonds. The fourth-order valence-electron chi connectivity index (χ4n) is 1.42. The number of aryl methyl sites for hydroxylation is 1. The van der Waals surface area contributed by atoms with Gasteiger partial charge in [0.1, 0.15) is 11.0 Å². The van der Waals surface area contributed by atoms with Gasteiger partial charge in [0, 0.05) is 17.6 Å². The number of carbonyl (C=O) groups is 1. The highest BCUT2D eigenvalue weighted by Crippen LogP contribution is 2.18. The second-order valence-electron chi connectivity index (χ2n) is 3.40. The van der Waals surface area contributed by atoms with Crippen LogP contribution in [0.15, 0.2) is 6.20 Å². The van der Waals surface area contributed by atoms with E-state index in [4.69, 9.17) is 5.73 Å². The highest BCUT2D eigenvalue weighted by Gasteiger charge is 2.33. The number of rotatable bonds is 3. The molecule has 4 nitrogen and oxygen atoms in total. The van der Waals surface area contributed by atoms with Crippen LogP contribution in [0.5, 0.6) is 0 Å². The molecule has 5 heteroatoms. The highest BCUT2D eigenvalue weighted by atomic mass is 32.1. The standard InChI is InChI=1S/C9H13N3OS/c1-2-6-3-11-8(14-6)5-12-4-7(10)9(12)13/h3,7H,2,4-5,10H2,1H3. The molecule has 1 fully saturated rings. The Morgan fingerprint density at radius 1 is 1.79 bits per heavy atom. The summed E-state index contributed by atoms with van der Waals surface area (Å²) in [5, 5.41) is 1.00. The zero-order chi connectivity index (χ0) is 10.1. The fraction of sp³-hybridized carbons (Fsp3) is 0.556. The molecule has 1 atom stereocenters. The number of thiazole rings is 1. The molecule has 0 spiro atoms. The summed E-state index contributed by atoms with van der Waals surface area (Å²) in [4.78, 5) is 18.5. The maximum atomic E-state index is 11.2. The lowest BCUT2D eigenvalue weighted by atomic mass is 10.1. The van der Waals surface area contributed by atoms with E-state index < -0.39 is 0 Å². The smallest absolute Gasteiger partial charge is 0.241 e. The number of β-lactam (4-membered cyclic amide) rings is 1. The molecule has 2 rings (SSSR count). The average Bonchev–Trinajstić information content (AvgIpc) is 2.65. The molecule has 1 saturated heterocycles. The molecule has 14 heavy (non-hydrogen) atoms. The first-order chi connectivity index (χ1) is 6.70. The molecule has 0 bridgehead atoms. The molecule has 2 heterocycles. The van der Waals surface area contributed by atoms with Gasteiger partial charge in [-0.15, -0.1) is 11.3 Å². The summed E-state index contributed by atoms with van der Waals surface area (Å²) in [5.74, 6) is 0.0400. The number of aromatic nitrogens is 1. The molecule has 0 aliphatic carbocycles. The molecule has 1 unspecified atom stereocenters. The third kappa shape index (κ3) is 1.65. The van der Waals surface area contributed by atoms with Gasteiger partial charge in [0.15, 0.2) is 0 Å². The topological polar surface area (TPSA) is 59.2 Å². The molecular weight excluding hydrogens is 198 g/mol. The lowest BCUT2D eigenvalue weighted by Crippen LogP contribution is -2.60. The summed E-state index contributed by atoms with van der Waals surface area (Å²) in [6.45, 7) is 3.39. The van der Waals surface area contributed by atoms with Crippen LogP contribution in [0.25, 0.3) is 0 Å². The van der Waals surface area contributed by atoms with E-state index in [0.29, 0.717) is 13.1 Å². The van der Waals surface area contributed by atoms with Crippen LogP contribution >= 0.6 is 11.3 Å². The number of likely N-dealkylation sites (tertiary alicyclic amines) is 1. The predicted octanol–water partition coefficient (Wildman–Crippen LogP) is 0.375. The number of amides is 1. The largest absolute Gasteiger partial charge is 0.332 e. The average molecular weight is 211 g/mol. The van der Waals surface area contributed by atoms with Crippen LogP contribution in [0.4, 0.5) is 0 Å². The Hall–Kier alpha value is -0.940. The minimum Gasteiger partial charge on any atom is -0.332 e. The zero-order valence-electron chi connectivity index (χ0n) is 8.06. The number of nitrogens with two attached hydrogens (primary N) is 1. The summed E-state index contributed by atoms with van der Waals surface area (Å²) < 4.78 is 0. The van der Waals surface area contributed by atoms with Gasteiger partial charge in [0.25, 0.3) is 0 Å². The van der Waals surface area contributed by atoms with Crippen LogP contribution in [-0.4, -0.2) is 28.4 Å². The number of nitrogens with zero attached hydrogens (tertiary/aromatic N) is 2. The third-order valence-electron chi connectivity index (χ3n) is 2.32. The summed E-state index contributed by atoms with van der Waals surface area (Å²) in [6, 6.07) is -0.277. The Morgan fingerprint density at radius 3 is 3.07 bits per heavy atom. The first kappa shape index (κ1) is 9.61. The molecular formula is C9H13N3OS. The van der Waals surface area contributed by atoms with Crippen LogP contribution in [0.3, 0.4) is 0 Å². The van der Waals surface area contributed by atoms with E-state index in [2.05, 4.69) is 11.9 Å². The van der Waals surface area contributed by atoms with E-state index >= 15 is 0 Å². The quantitative estimate of drug-likeness (QED) is 0.735. The lowest BCUT2D eigenvalue weighted by Gasteiger charge is -2.35. The van der Waals surface area contributed by atoms with Crippen molar-refractivity contribution in [2.45, 2.75) is 25.9 Å². The van der Waals surface area contributed by atoms with E-state index in [1.54, 1.807) is 16.2 Å². The van der Waals surface area contributed by atoms with Crippen LogP contribution in [0.2, 0.25) is 0 Å². The van der Waals surface area contributed by atoms with Crippen LogP contribution < -0.4 is 5.73 Å². The van der Waals surface area contributed by atoms with E-state index in [9.17, 15) is 4.79 Å². The summed E-state index contributed by atoms with van der Waals surface area (Å²) in [7, 11) is 0. The van der Waals surface area contributed by atoms with Crippen molar-refractivity contribution in [2.24, 2.45) is 5.73 Å². The van der Waals surface area contributed by atoms with Gasteiger partial charge >= 0.3 is 0 Å². The van der Waals surface area contributed by atoms with Gasteiger partial charge in [0.2, 0.25) is 5.91 Å². The number of carbonyl (C=O) groups excluding carboxylic acids is 1. The maximum absolute atomic E-state index is 11.2. The van der Waals surface area contributed by atoms with Crippen molar-refractivity contribution in [3.05, 3.63) is 16.1 Å². The van der Waals surface area contributed by atoms with E-state index in [1.807, 2.05) is 6.20 Å². The minimum absolute atomic E-state index is 0.0400. The monoisotopic (exact) mass is 211 g/mol. The van der Waals surface area contributed by atoms with Crippen LogP contribution in [0.1, 0.15) is 16.8 Å². The molecule has 1 aliphatic rings. The first-order valence-corrected chi connectivity index (χ1v) is 5.50. The number of hydrogen-bond acceptors (Lipinski definition) is 4. The maximum Gasteiger partial charge on any atom is 0.241 e. The Morgan fingerprint density at radius 2 is 2.57 bits per heavy atom. The van der Waals surface area contributed by atoms with Crippen molar-refractivity contribution in [2.75, 3.05) is 6.54 Å². The summed E-state index contributed by atoms with van der Waals surface area (Å²) >= 11 is 1.67. The Labute approximate surface area is 86.7 Å². The van der Waals surface area contributed by atoms with Crippen LogP contribution in [0, 0.1) is 0 Å². The fourth-order valence-corrected chi connectivity index (χ4v) is 2.30. The molecule has 2 N–H and O–H groups in total. The van der Waals surface area contributed by atoms with E-state index in [-0.39, 0.29) is 11.9 Å². The van der Waals surface area contributed by atoms with Gasteiger partial charge in [-0.25, -0.2) is 4.98 Å². The van der Waals surface area contributed by atoms with Crippen molar-refractivity contribution in [1.29, 1.82) is 0 Å². The van der Waals surface area contributed by atoms with Gasteiger partial charge < -0.3 is 10.6 Å². The molecule has 76 valence electrons. The summed E-state index contributed by atoms with van der Waals surface area (Å²) in [5.41, 5.74) is 5.49. The predicted molar refractivity (Wildman–Crippen MR) is 54.9 cm³/mol. The van der Waals surface area contributed by atoms with Gasteiger partial charge in [0.05, 0.1) is 6.54 Å². The normalized spacial score (nSPS) is 21.1. The van der Waals surface area contributed by atoms with Crippen molar-refractivity contribution in [3.8, 4) is 0 Å². The molecule has 0 radical (unpaired) electrons. The first-order valence-electron chi connectivity index (χ1n) is 4.68. The van der Waals surface area contributed by atoms with Crippen molar-refractivity contribution >= 4 is 17.2 Å². The van der Waals surface area contributed by atoms with E-state index in [1.165, 1.54) is 4.88 Å². The van der Waals surface area contributed by atoms with Crippen molar-refractivity contribution in [3.63, 3.8) is 0 Å². The van der Waals surface area contributed by atoms with Crippen LogP contribution in [-0.2, 0) is 17.8 Å². The Kier molecular flexibility index (Phi) is 2.52. The van der Waals surface area contributed by atoms with Gasteiger partial charge in [-0.1, -0.05) is 6.92 Å². The third-order valence-corrected chi connectivity index (χ3v) is 3.45. The molecule has 1 aliphatic heterocycles. The van der Waals surface area contributed by atoms with E-state index in [0.717, 1.165) is 11.4 Å². The SMILES string of the molecule is CCc1cnc(CN2CC(N)C2=O)s1. The number of hydrogen-bond donors (Lipinski definition) is 1. The van der Waals surface area contributed by atoms with Crippen molar-refractivity contribution < 1.29 is 4.79 Å². The van der Waals surface area contributed by atoms with Gasteiger partial charge in [-0.3, -0.25) is 4.79 Å². The zero-order valence-corrected chi connectivity index (χ0v) is 8.88. The Balaban J connectivity index is 1.95. The molecule has 0 aromatic carbocycles. The van der Waals surface area contributed by atoms with Gasteiger partial charge in [-0.2, -0.15) is 0 Å².